The Morgan fingerprint density at radius 3 is 2.49 bits per heavy atom. The van der Waals surface area contributed by atoms with Gasteiger partial charge in [-0.3, -0.25) is 14.9 Å². The van der Waals surface area contributed by atoms with Crippen molar-refractivity contribution in [2.24, 2.45) is 0 Å². The van der Waals surface area contributed by atoms with Crippen molar-refractivity contribution in [1.82, 2.24) is 5.32 Å². The van der Waals surface area contributed by atoms with Crippen LogP contribution in [0.1, 0.15) is 22.3 Å². The molecule has 188 valence electrons. The van der Waals surface area contributed by atoms with E-state index in [1.807, 2.05) is 31.2 Å². The predicted octanol–water partition coefficient (Wildman–Crippen LogP) is 7.15. The molecule has 1 N–H and O–H groups in total. The quantitative estimate of drug-likeness (QED) is 0.169. The number of anilines is 1. The van der Waals surface area contributed by atoms with Crippen molar-refractivity contribution >= 4 is 73.1 Å². The van der Waals surface area contributed by atoms with Gasteiger partial charge in [0.1, 0.15) is 17.9 Å². The number of nitrogens with one attached hydrogen (secondary N) is 1. The number of imide groups is 2. The van der Waals surface area contributed by atoms with Crippen LogP contribution in [0.2, 0.25) is 5.02 Å². The molecule has 1 fully saturated rings. The highest BCUT2D eigenvalue weighted by molar-refractivity contribution is 9.10. The summed E-state index contributed by atoms with van der Waals surface area (Å²) < 4.78 is 7.55. The van der Waals surface area contributed by atoms with Crippen molar-refractivity contribution in [1.29, 1.82) is 0 Å². The summed E-state index contributed by atoms with van der Waals surface area (Å²) in [5, 5.41) is 2.86. The first-order valence-electron chi connectivity index (χ1n) is 11.2. The third-order valence-corrected chi connectivity index (χ3v) is 7.50. The van der Waals surface area contributed by atoms with Gasteiger partial charge in [0.05, 0.1) is 10.2 Å². The Bertz CT molecular complexity index is 1470. The molecular weight excluding hydrogens is 624 g/mol. The summed E-state index contributed by atoms with van der Waals surface area (Å²) in [5.41, 5.74) is 3.24. The third-order valence-electron chi connectivity index (χ3n) is 5.65. The van der Waals surface area contributed by atoms with Crippen LogP contribution in [-0.4, -0.2) is 17.8 Å². The zero-order valence-electron chi connectivity index (χ0n) is 19.7. The first-order valence-corrected chi connectivity index (χ1v) is 13.1. The molecule has 3 aromatic carbocycles. The molecule has 1 heterocycles. The van der Waals surface area contributed by atoms with Gasteiger partial charge in [-0.05, 0) is 88.4 Å². The number of carbonyl (C=O) groups is 3. The average Bonchev–Trinajstić information content (AvgIpc) is 2.84. The largest absolute Gasteiger partial charge is 0.487 e. The lowest BCUT2D eigenvalue weighted by molar-refractivity contribution is -0.122. The molecule has 4 amide bonds. The van der Waals surface area contributed by atoms with E-state index in [2.05, 4.69) is 43.8 Å². The molecule has 0 saturated carbocycles. The summed E-state index contributed by atoms with van der Waals surface area (Å²) in [6.45, 7) is 5.92. The molecule has 1 saturated heterocycles. The van der Waals surface area contributed by atoms with Crippen molar-refractivity contribution in [3.63, 3.8) is 0 Å². The Hall–Kier alpha value is -3.20. The Balaban J connectivity index is 1.68. The van der Waals surface area contributed by atoms with Gasteiger partial charge >= 0.3 is 6.03 Å². The van der Waals surface area contributed by atoms with Crippen LogP contribution in [0.3, 0.4) is 0 Å². The number of ether oxygens (including phenoxy) is 1. The van der Waals surface area contributed by atoms with E-state index < -0.39 is 17.8 Å². The van der Waals surface area contributed by atoms with E-state index in [1.54, 1.807) is 36.4 Å². The number of urea groups is 1. The smallest absolute Gasteiger partial charge is 0.335 e. The first-order chi connectivity index (χ1) is 17.7. The van der Waals surface area contributed by atoms with E-state index in [-0.39, 0.29) is 12.2 Å². The van der Waals surface area contributed by atoms with Crippen LogP contribution in [0.4, 0.5) is 10.5 Å². The average molecular weight is 645 g/mol. The van der Waals surface area contributed by atoms with E-state index in [9.17, 15) is 14.4 Å². The zero-order chi connectivity index (χ0) is 26.7. The maximum absolute atomic E-state index is 13.3. The summed E-state index contributed by atoms with van der Waals surface area (Å²) in [5.74, 6) is -0.875. The second kappa shape index (κ2) is 11.5. The topological polar surface area (TPSA) is 75.7 Å². The predicted molar refractivity (Wildman–Crippen MR) is 152 cm³/mol. The molecule has 4 rings (SSSR count). The number of rotatable bonds is 7. The number of allylic oxidation sites excluding steroid dienone is 1. The Kier molecular flexibility index (Phi) is 8.32. The number of benzene rings is 3. The molecule has 0 spiro atoms. The molecule has 1 aliphatic rings. The first kappa shape index (κ1) is 26.9. The highest BCUT2D eigenvalue weighted by Gasteiger charge is 2.37. The lowest BCUT2D eigenvalue weighted by Gasteiger charge is -2.26. The van der Waals surface area contributed by atoms with Crippen LogP contribution in [0.15, 0.2) is 81.8 Å². The maximum atomic E-state index is 13.3. The molecule has 0 atom stereocenters. The second-order valence-corrected chi connectivity index (χ2v) is 10.4. The number of halogens is 3. The third kappa shape index (κ3) is 5.87. The number of amides is 4. The van der Waals surface area contributed by atoms with Crippen LogP contribution >= 0.6 is 43.5 Å². The Morgan fingerprint density at radius 1 is 1.03 bits per heavy atom. The summed E-state index contributed by atoms with van der Waals surface area (Å²) in [7, 11) is 0. The summed E-state index contributed by atoms with van der Waals surface area (Å²) in [4.78, 5) is 39.5. The molecule has 3 aromatic rings. The molecule has 9 heteroatoms. The van der Waals surface area contributed by atoms with Crippen LogP contribution < -0.4 is 15.0 Å². The minimum Gasteiger partial charge on any atom is -0.487 e. The molecule has 37 heavy (non-hydrogen) atoms. The minimum absolute atomic E-state index is 0.165. The monoisotopic (exact) mass is 642 g/mol. The molecule has 6 nitrogen and oxygen atoms in total. The van der Waals surface area contributed by atoms with E-state index in [1.165, 1.54) is 6.08 Å². The number of nitrogens with zero attached hydrogens (tertiary/aromatic N) is 1. The molecule has 0 radical (unpaired) electrons. The number of aryl methyl sites for hydroxylation is 1. The Morgan fingerprint density at radius 2 is 1.78 bits per heavy atom. The van der Waals surface area contributed by atoms with Gasteiger partial charge in [-0.2, -0.15) is 0 Å². The summed E-state index contributed by atoms with van der Waals surface area (Å²) in [6, 6.07) is 15.2. The summed E-state index contributed by atoms with van der Waals surface area (Å²) >= 11 is 13.2. The fourth-order valence-corrected chi connectivity index (χ4v) is 4.89. The van der Waals surface area contributed by atoms with Crippen molar-refractivity contribution in [3.05, 3.63) is 109 Å². The fraction of sp³-hybridized carbons (Fsp3) is 0.107. The van der Waals surface area contributed by atoms with Crippen molar-refractivity contribution in [3.8, 4) is 5.75 Å². The van der Waals surface area contributed by atoms with Gasteiger partial charge in [0.15, 0.2) is 0 Å². The number of hydrogen-bond donors (Lipinski definition) is 1. The van der Waals surface area contributed by atoms with Crippen molar-refractivity contribution < 1.29 is 19.1 Å². The molecule has 0 unspecified atom stereocenters. The normalized spacial score (nSPS) is 14.6. The number of carbonyl (C=O) groups excluding carboxylic acids is 3. The second-order valence-electron chi connectivity index (χ2n) is 8.26. The molecule has 0 aromatic heterocycles. The number of barbiturate groups is 1. The minimum atomic E-state index is -0.800. The lowest BCUT2D eigenvalue weighted by atomic mass is 10.0. The van der Waals surface area contributed by atoms with Gasteiger partial charge in [-0.15, -0.1) is 6.58 Å². The highest BCUT2D eigenvalue weighted by atomic mass is 79.9. The fourth-order valence-electron chi connectivity index (χ4n) is 3.82. The molecular formula is C28H21Br2ClN2O4. The van der Waals surface area contributed by atoms with E-state index in [4.69, 9.17) is 16.3 Å². The number of hydrogen-bond acceptors (Lipinski definition) is 4. The van der Waals surface area contributed by atoms with Gasteiger partial charge < -0.3 is 4.74 Å². The van der Waals surface area contributed by atoms with Gasteiger partial charge in [0.2, 0.25) is 0 Å². The Labute approximate surface area is 236 Å². The van der Waals surface area contributed by atoms with Crippen molar-refractivity contribution in [2.45, 2.75) is 20.0 Å². The van der Waals surface area contributed by atoms with Crippen LogP contribution in [-0.2, 0) is 22.6 Å². The van der Waals surface area contributed by atoms with Crippen LogP contribution in [0.5, 0.6) is 5.75 Å². The van der Waals surface area contributed by atoms with E-state index in [0.717, 1.165) is 26.1 Å². The van der Waals surface area contributed by atoms with Crippen molar-refractivity contribution in [2.75, 3.05) is 4.90 Å². The molecule has 1 aliphatic heterocycles. The zero-order valence-corrected chi connectivity index (χ0v) is 23.6. The standard InChI is InChI=1S/C28H21Br2ClN2O4/c1-3-6-18-12-17(14-23(30)25(18)37-15-19-7-4-5-8-24(19)31)13-21-26(34)32-28(36)33(27(21)35)20-9-10-22(29)16(2)11-20/h3-5,7-14H,1,6,15H2,2H3,(H,32,34,36)/b21-13+. The van der Waals surface area contributed by atoms with Gasteiger partial charge in [0, 0.05) is 15.1 Å². The van der Waals surface area contributed by atoms with Gasteiger partial charge in [0.25, 0.3) is 11.8 Å². The van der Waals surface area contributed by atoms with Gasteiger partial charge in [-0.1, -0.05) is 51.8 Å². The maximum Gasteiger partial charge on any atom is 0.335 e. The molecule has 0 aliphatic carbocycles. The molecule has 0 bridgehead atoms. The summed E-state index contributed by atoms with van der Waals surface area (Å²) in [6.07, 6.45) is 3.67. The lowest BCUT2D eigenvalue weighted by Crippen LogP contribution is -2.54. The van der Waals surface area contributed by atoms with E-state index >= 15 is 0 Å². The van der Waals surface area contributed by atoms with Crippen LogP contribution in [0, 0.1) is 6.92 Å². The van der Waals surface area contributed by atoms with E-state index in [0.29, 0.717) is 32.9 Å². The highest BCUT2D eigenvalue weighted by Crippen LogP contribution is 2.34. The SMILES string of the molecule is C=CCc1cc(/C=C2\C(=O)NC(=O)N(c3ccc(Br)c(C)c3)C2=O)cc(Br)c1OCc1ccccc1Cl. The van der Waals surface area contributed by atoms with Crippen LogP contribution in [0.25, 0.3) is 6.08 Å². The van der Waals surface area contributed by atoms with Gasteiger partial charge in [-0.25, -0.2) is 9.69 Å².